The molecule has 1 aliphatic rings. The van der Waals surface area contributed by atoms with Crippen LogP contribution in [0.2, 0.25) is 0 Å². The van der Waals surface area contributed by atoms with E-state index in [-0.39, 0.29) is 0 Å². The number of nitrogens with one attached hydrogen (secondary N) is 1. The van der Waals surface area contributed by atoms with Gasteiger partial charge >= 0.3 is 0 Å². The summed E-state index contributed by atoms with van der Waals surface area (Å²) in [5.41, 5.74) is 1.12. The number of aromatic nitrogens is 1. The molecule has 0 saturated carbocycles. The van der Waals surface area contributed by atoms with Crippen LogP contribution in [0.1, 0.15) is 18.4 Å². The topological polar surface area (TPSA) is 38.1 Å². The van der Waals surface area contributed by atoms with Gasteiger partial charge in [0.15, 0.2) is 6.39 Å². The summed E-state index contributed by atoms with van der Waals surface area (Å²) in [6.07, 6.45) is 2.51. The van der Waals surface area contributed by atoms with Crippen LogP contribution in [-0.2, 0) is 13.0 Å². The Morgan fingerprint density at radius 2 is 2.70 bits per heavy atom. The van der Waals surface area contributed by atoms with Gasteiger partial charge < -0.3 is 9.73 Å². The second-order valence-corrected chi connectivity index (χ2v) is 2.71. The lowest BCUT2D eigenvalue weighted by molar-refractivity contribution is 0.423. The molecule has 1 aromatic rings. The molecule has 0 saturated heterocycles. The highest BCUT2D eigenvalue weighted by atomic mass is 16.3. The summed E-state index contributed by atoms with van der Waals surface area (Å²) in [4.78, 5) is 4.10. The van der Waals surface area contributed by atoms with Gasteiger partial charge in [0.1, 0.15) is 5.76 Å². The minimum atomic E-state index is 0.539. The second-order valence-electron chi connectivity index (χ2n) is 2.71. The molecule has 1 aromatic heterocycles. The monoisotopic (exact) mass is 138 g/mol. The smallest absolute Gasteiger partial charge is 0.181 e. The van der Waals surface area contributed by atoms with E-state index in [1.54, 1.807) is 0 Å². The van der Waals surface area contributed by atoms with Gasteiger partial charge in [0.2, 0.25) is 0 Å². The summed E-state index contributed by atoms with van der Waals surface area (Å²) in [5.74, 6) is 0.998. The summed E-state index contributed by atoms with van der Waals surface area (Å²) >= 11 is 0. The third-order valence-electron chi connectivity index (χ3n) is 1.84. The lowest BCUT2D eigenvalue weighted by Crippen LogP contribution is -2.32. The fraction of sp³-hybridized carbons (Fsp3) is 0.571. The molecule has 0 spiro atoms. The third kappa shape index (κ3) is 0.827. The van der Waals surface area contributed by atoms with Crippen LogP contribution in [0.15, 0.2) is 10.8 Å². The minimum Gasteiger partial charge on any atom is -0.447 e. The highest BCUT2D eigenvalue weighted by Crippen LogP contribution is 2.13. The minimum absolute atomic E-state index is 0.539. The molecule has 2 heterocycles. The molecule has 1 N–H and O–H groups in total. The van der Waals surface area contributed by atoms with Crippen molar-refractivity contribution < 1.29 is 4.42 Å². The zero-order valence-electron chi connectivity index (χ0n) is 5.92. The van der Waals surface area contributed by atoms with Crippen LogP contribution in [0.4, 0.5) is 0 Å². The van der Waals surface area contributed by atoms with Crippen molar-refractivity contribution in [1.29, 1.82) is 0 Å². The Morgan fingerprint density at radius 3 is 3.60 bits per heavy atom. The average Bonchev–Trinajstić information content (AvgIpc) is 2.33. The first-order chi connectivity index (χ1) is 4.86. The van der Waals surface area contributed by atoms with Gasteiger partial charge in [-0.1, -0.05) is 0 Å². The van der Waals surface area contributed by atoms with Crippen LogP contribution >= 0.6 is 0 Å². The number of rotatable bonds is 0. The number of oxazole rings is 1. The van der Waals surface area contributed by atoms with E-state index in [1.807, 2.05) is 0 Å². The van der Waals surface area contributed by atoms with Gasteiger partial charge in [0, 0.05) is 12.5 Å². The van der Waals surface area contributed by atoms with Gasteiger partial charge in [0.25, 0.3) is 0 Å². The first kappa shape index (κ1) is 5.92. The van der Waals surface area contributed by atoms with Gasteiger partial charge in [0.05, 0.1) is 12.2 Å². The van der Waals surface area contributed by atoms with E-state index < -0.39 is 0 Å². The Kier molecular flexibility index (Phi) is 1.24. The maximum atomic E-state index is 5.13. The van der Waals surface area contributed by atoms with Crippen LogP contribution in [0.25, 0.3) is 0 Å². The van der Waals surface area contributed by atoms with E-state index in [0.717, 1.165) is 24.4 Å². The van der Waals surface area contributed by atoms with Crippen LogP contribution < -0.4 is 5.32 Å². The molecule has 2 rings (SSSR count). The van der Waals surface area contributed by atoms with Crippen molar-refractivity contribution in [2.75, 3.05) is 0 Å². The van der Waals surface area contributed by atoms with Gasteiger partial charge in [-0.05, 0) is 6.92 Å². The van der Waals surface area contributed by atoms with Crippen molar-refractivity contribution in [3.05, 3.63) is 17.8 Å². The largest absolute Gasteiger partial charge is 0.447 e. The number of hydrogen-bond donors (Lipinski definition) is 1. The van der Waals surface area contributed by atoms with Crippen molar-refractivity contribution >= 4 is 0 Å². The predicted octanol–water partition coefficient (Wildman–Crippen LogP) is 0.709. The summed E-state index contributed by atoms with van der Waals surface area (Å²) in [7, 11) is 0. The first-order valence-electron chi connectivity index (χ1n) is 3.51. The highest BCUT2D eigenvalue weighted by molar-refractivity contribution is 5.11. The van der Waals surface area contributed by atoms with E-state index in [1.165, 1.54) is 6.39 Å². The summed E-state index contributed by atoms with van der Waals surface area (Å²) in [6, 6.07) is 0.539. The quantitative estimate of drug-likeness (QED) is 0.573. The maximum absolute atomic E-state index is 5.13. The van der Waals surface area contributed by atoms with Crippen LogP contribution in [0.3, 0.4) is 0 Å². The maximum Gasteiger partial charge on any atom is 0.181 e. The van der Waals surface area contributed by atoms with Crippen molar-refractivity contribution in [2.45, 2.75) is 25.9 Å². The standard InChI is InChI=1S/C7H10N2O/c1-5-2-6-7(3-8-5)10-4-9-6/h4-5,8H,2-3H2,1H3. The fourth-order valence-electron chi connectivity index (χ4n) is 1.23. The molecule has 0 bridgehead atoms. The van der Waals surface area contributed by atoms with E-state index in [0.29, 0.717) is 6.04 Å². The molecule has 1 atom stereocenters. The number of hydrogen-bond acceptors (Lipinski definition) is 3. The molecule has 0 radical (unpaired) electrons. The molecule has 1 unspecified atom stereocenters. The van der Waals surface area contributed by atoms with Crippen molar-refractivity contribution in [3.63, 3.8) is 0 Å². The Balaban J connectivity index is 2.30. The van der Waals surface area contributed by atoms with Gasteiger partial charge in [-0.15, -0.1) is 0 Å². The molecule has 0 fully saturated rings. The molecule has 1 aliphatic heterocycles. The molecule has 0 aromatic carbocycles. The molecule has 0 amide bonds. The third-order valence-corrected chi connectivity index (χ3v) is 1.84. The molecule has 0 aliphatic carbocycles. The van der Waals surface area contributed by atoms with Crippen LogP contribution in [0, 0.1) is 0 Å². The number of fused-ring (bicyclic) bond motifs is 1. The normalized spacial score (nSPS) is 24.3. The van der Waals surface area contributed by atoms with Crippen LogP contribution in [-0.4, -0.2) is 11.0 Å². The molecular weight excluding hydrogens is 128 g/mol. The lowest BCUT2D eigenvalue weighted by atomic mass is 10.1. The van der Waals surface area contributed by atoms with Crippen molar-refractivity contribution in [2.24, 2.45) is 0 Å². The molecule has 54 valence electrons. The first-order valence-corrected chi connectivity index (χ1v) is 3.51. The van der Waals surface area contributed by atoms with Crippen molar-refractivity contribution in [3.8, 4) is 0 Å². The Morgan fingerprint density at radius 1 is 1.80 bits per heavy atom. The van der Waals surface area contributed by atoms with Gasteiger partial charge in [-0.2, -0.15) is 0 Å². The number of nitrogens with zero attached hydrogens (tertiary/aromatic N) is 1. The van der Waals surface area contributed by atoms with E-state index in [4.69, 9.17) is 4.42 Å². The summed E-state index contributed by atoms with van der Waals surface area (Å²) in [5, 5.41) is 3.29. The zero-order valence-corrected chi connectivity index (χ0v) is 5.92. The lowest BCUT2D eigenvalue weighted by Gasteiger charge is -2.16. The van der Waals surface area contributed by atoms with Gasteiger partial charge in [-0.25, -0.2) is 4.98 Å². The van der Waals surface area contributed by atoms with Crippen molar-refractivity contribution in [1.82, 2.24) is 10.3 Å². The van der Waals surface area contributed by atoms with E-state index >= 15 is 0 Å². The zero-order chi connectivity index (χ0) is 6.97. The highest BCUT2D eigenvalue weighted by Gasteiger charge is 2.17. The summed E-state index contributed by atoms with van der Waals surface area (Å²) in [6.45, 7) is 2.98. The molecule has 10 heavy (non-hydrogen) atoms. The predicted molar refractivity (Wildman–Crippen MR) is 36.5 cm³/mol. The van der Waals surface area contributed by atoms with Gasteiger partial charge in [-0.3, -0.25) is 0 Å². The Bertz CT molecular complexity index is 231. The van der Waals surface area contributed by atoms with E-state index in [9.17, 15) is 0 Å². The SMILES string of the molecule is CC1Cc2ncoc2CN1. The summed E-state index contributed by atoms with van der Waals surface area (Å²) < 4.78 is 5.13. The Labute approximate surface area is 59.4 Å². The average molecular weight is 138 g/mol. The molecule has 3 nitrogen and oxygen atoms in total. The second kappa shape index (κ2) is 2.09. The molecular formula is C7H10N2O. The fourth-order valence-corrected chi connectivity index (χ4v) is 1.23. The Hall–Kier alpha value is -0.830. The molecule has 3 heteroatoms. The van der Waals surface area contributed by atoms with Crippen LogP contribution in [0.5, 0.6) is 0 Å². The van der Waals surface area contributed by atoms with E-state index in [2.05, 4.69) is 17.2 Å².